The van der Waals surface area contributed by atoms with E-state index in [4.69, 9.17) is 44.5 Å². The van der Waals surface area contributed by atoms with E-state index in [9.17, 15) is 9.59 Å². The molecule has 2 N–H and O–H groups in total. The van der Waals surface area contributed by atoms with Crippen LogP contribution in [0.1, 0.15) is 32.2 Å². The van der Waals surface area contributed by atoms with Crippen molar-refractivity contribution >= 4 is 75.1 Å². The molecule has 2 amide bonds. The first-order chi connectivity index (χ1) is 22.2. The molecule has 4 aromatic heterocycles. The van der Waals surface area contributed by atoms with Gasteiger partial charge in [0.15, 0.2) is 0 Å². The minimum Gasteiger partial charge on any atom is -0.360 e. The van der Waals surface area contributed by atoms with Crippen LogP contribution in [0.15, 0.2) is 81.8 Å². The first kappa shape index (κ1) is 29.3. The van der Waals surface area contributed by atoms with Crippen LogP contribution in [0.4, 0.5) is 5.95 Å². The second kappa shape index (κ2) is 11.5. The van der Waals surface area contributed by atoms with E-state index >= 15 is 0 Å². The number of nitrogens with one attached hydrogen (secondary N) is 2. The van der Waals surface area contributed by atoms with Crippen molar-refractivity contribution in [3.63, 3.8) is 0 Å². The van der Waals surface area contributed by atoms with Crippen LogP contribution < -0.4 is 10.6 Å². The molecule has 0 aliphatic carbocycles. The molecule has 46 heavy (non-hydrogen) atoms. The molecule has 0 aliphatic rings. The number of anilines is 1. The van der Waals surface area contributed by atoms with Crippen LogP contribution in [-0.2, 0) is 0 Å². The van der Waals surface area contributed by atoms with E-state index in [1.165, 1.54) is 4.68 Å². The summed E-state index contributed by atoms with van der Waals surface area (Å²) in [5.41, 5.74) is 3.13. The summed E-state index contributed by atoms with van der Waals surface area (Å²) in [6.45, 7) is 3.23. The number of rotatable bonds is 5. The SMILES string of the molecule is Cc1onc(-c2ccccc2Cl)c1C(=O)NC(=S)n1nc(NC(=O)c2c(-c3ccccc3Cl)noc2C)n2c3ccccc3nc12. The quantitative estimate of drug-likeness (QED) is 0.190. The van der Waals surface area contributed by atoms with Crippen LogP contribution in [-0.4, -0.2) is 46.4 Å². The van der Waals surface area contributed by atoms with Crippen molar-refractivity contribution in [1.29, 1.82) is 0 Å². The average molecular weight is 672 g/mol. The number of halogens is 2. The Bertz CT molecular complexity index is 2360. The summed E-state index contributed by atoms with van der Waals surface area (Å²) in [6.07, 6.45) is 0. The third kappa shape index (κ3) is 4.90. The van der Waals surface area contributed by atoms with Crippen molar-refractivity contribution in [3.05, 3.63) is 105 Å². The Morgan fingerprint density at radius 3 is 1.93 bits per heavy atom. The van der Waals surface area contributed by atoms with Crippen LogP contribution in [0, 0.1) is 13.8 Å². The van der Waals surface area contributed by atoms with Crippen molar-refractivity contribution in [2.75, 3.05) is 5.32 Å². The summed E-state index contributed by atoms with van der Waals surface area (Å²) in [4.78, 5) is 32.0. The standard InChI is InChI=1S/C31H20Cl2N8O4S/c1-15-23(25(38-44-15)17-9-3-5-11-19(17)32)27(42)35-29-37-41(30-34-21-13-7-8-14-22(21)40(29)30)31(46)36-28(43)24-16(2)45-39-26(24)18-10-4-6-12-20(18)33/h3-14H,1-2H3,(H,35,37,42)(H,36,43,46). The lowest BCUT2D eigenvalue weighted by Gasteiger charge is -2.08. The van der Waals surface area contributed by atoms with Crippen molar-refractivity contribution in [2.45, 2.75) is 13.8 Å². The normalized spacial score (nSPS) is 11.3. The molecule has 0 saturated carbocycles. The van der Waals surface area contributed by atoms with Gasteiger partial charge in [-0.15, -0.1) is 5.10 Å². The fourth-order valence-corrected chi connectivity index (χ4v) is 5.76. The molecule has 0 unspecified atom stereocenters. The van der Waals surface area contributed by atoms with Crippen molar-refractivity contribution in [3.8, 4) is 22.5 Å². The van der Waals surface area contributed by atoms with Crippen LogP contribution in [0.3, 0.4) is 0 Å². The molecule has 4 heterocycles. The number of carbonyl (C=O) groups excluding carboxylic acids is 2. The lowest BCUT2D eigenvalue weighted by molar-refractivity contribution is 0.0974. The van der Waals surface area contributed by atoms with E-state index in [2.05, 4.69) is 31.0 Å². The summed E-state index contributed by atoms with van der Waals surface area (Å²) >= 11 is 18.4. The van der Waals surface area contributed by atoms with E-state index in [0.717, 1.165) is 0 Å². The van der Waals surface area contributed by atoms with Crippen LogP contribution in [0.5, 0.6) is 0 Å². The van der Waals surface area contributed by atoms with Gasteiger partial charge in [0.1, 0.15) is 34.0 Å². The molecule has 7 aromatic rings. The van der Waals surface area contributed by atoms with E-state index in [1.54, 1.807) is 72.8 Å². The number of aryl methyl sites for hydroxylation is 2. The Labute approximate surface area is 274 Å². The van der Waals surface area contributed by atoms with Gasteiger partial charge >= 0.3 is 0 Å². The zero-order valence-corrected chi connectivity index (χ0v) is 26.2. The highest BCUT2D eigenvalue weighted by atomic mass is 35.5. The Morgan fingerprint density at radius 1 is 0.783 bits per heavy atom. The zero-order chi connectivity index (χ0) is 32.1. The monoisotopic (exact) mass is 670 g/mol. The summed E-state index contributed by atoms with van der Waals surface area (Å²) in [5, 5.41) is 18.9. The topological polar surface area (TPSA) is 145 Å². The van der Waals surface area contributed by atoms with Gasteiger partial charge in [0, 0.05) is 11.1 Å². The van der Waals surface area contributed by atoms with Gasteiger partial charge in [-0.05, 0) is 50.3 Å². The Morgan fingerprint density at radius 2 is 1.33 bits per heavy atom. The molecule has 0 saturated heterocycles. The summed E-state index contributed by atoms with van der Waals surface area (Å²) < 4.78 is 13.6. The number of hydrogen-bond donors (Lipinski definition) is 2. The number of aromatic nitrogens is 6. The maximum Gasteiger partial charge on any atom is 0.263 e. The molecule has 12 nitrogen and oxygen atoms in total. The highest BCUT2D eigenvalue weighted by Crippen LogP contribution is 2.33. The minimum absolute atomic E-state index is 0.0777. The zero-order valence-electron chi connectivity index (χ0n) is 23.9. The predicted molar refractivity (Wildman–Crippen MR) is 175 cm³/mol. The largest absolute Gasteiger partial charge is 0.360 e. The molecular formula is C31H20Cl2N8O4S. The van der Waals surface area contributed by atoms with Gasteiger partial charge in [0.05, 0.1) is 21.1 Å². The Hall–Kier alpha value is -5.37. The fourth-order valence-electron chi connectivity index (χ4n) is 5.10. The predicted octanol–water partition coefficient (Wildman–Crippen LogP) is 6.73. The van der Waals surface area contributed by atoms with Gasteiger partial charge in [0.25, 0.3) is 11.8 Å². The Balaban J connectivity index is 1.26. The van der Waals surface area contributed by atoms with Crippen molar-refractivity contribution in [2.24, 2.45) is 0 Å². The van der Waals surface area contributed by atoms with E-state index < -0.39 is 11.8 Å². The van der Waals surface area contributed by atoms with Gasteiger partial charge in [-0.3, -0.25) is 20.2 Å². The van der Waals surface area contributed by atoms with Crippen LogP contribution in [0.25, 0.3) is 39.3 Å². The number of amides is 2. The van der Waals surface area contributed by atoms with Gasteiger partial charge in [-0.25, -0.2) is 9.38 Å². The molecule has 3 aromatic carbocycles. The highest BCUT2D eigenvalue weighted by molar-refractivity contribution is 7.80. The van der Waals surface area contributed by atoms with Crippen LogP contribution in [0.2, 0.25) is 10.0 Å². The lowest BCUT2D eigenvalue weighted by Crippen LogP contribution is -2.35. The number of para-hydroxylation sites is 2. The molecule has 0 radical (unpaired) electrons. The number of nitrogens with zero attached hydrogens (tertiary/aromatic N) is 6. The van der Waals surface area contributed by atoms with Crippen LogP contribution >= 0.6 is 35.4 Å². The van der Waals surface area contributed by atoms with Gasteiger partial charge in [-0.2, -0.15) is 4.68 Å². The van der Waals surface area contributed by atoms with Gasteiger partial charge in [0.2, 0.25) is 16.8 Å². The summed E-state index contributed by atoms with van der Waals surface area (Å²) in [6, 6.07) is 21.2. The summed E-state index contributed by atoms with van der Waals surface area (Å²) in [5.74, 6) is -0.299. The number of fused-ring (bicyclic) bond motifs is 3. The number of hydrogen-bond acceptors (Lipinski definition) is 9. The average Bonchev–Trinajstić information content (AvgIpc) is 3.80. The molecule has 7 rings (SSSR count). The minimum atomic E-state index is -0.599. The molecule has 0 bridgehead atoms. The molecule has 15 heteroatoms. The highest BCUT2D eigenvalue weighted by Gasteiger charge is 2.28. The number of thiocarbonyl (C=S) groups is 1. The second-order valence-electron chi connectivity index (χ2n) is 10.1. The fraction of sp³-hybridized carbons (Fsp3) is 0.0645. The maximum atomic E-state index is 13.8. The Kier molecular flexibility index (Phi) is 7.35. The number of carbonyl (C=O) groups is 2. The molecule has 228 valence electrons. The molecular weight excluding hydrogens is 651 g/mol. The van der Waals surface area contributed by atoms with E-state index in [0.29, 0.717) is 32.2 Å². The van der Waals surface area contributed by atoms with E-state index in [1.807, 2.05) is 18.2 Å². The third-order valence-electron chi connectivity index (χ3n) is 7.21. The number of imidazole rings is 1. The van der Waals surface area contributed by atoms with Crippen molar-refractivity contribution in [1.82, 2.24) is 34.8 Å². The smallest absolute Gasteiger partial charge is 0.263 e. The van der Waals surface area contributed by atoms with E-state index in [-0.39, 0.29) is 50.9 Å². The first-order valence-electron chi connectivity index (χ1n) is 13.7. The second-order valence-corrected chi connectivity index (χ2v) is 11.3. The van der Waals surface area contributed by atoms with Gasteiger partial charge < -0.3 is 9.05 Å². The van der Waals surface area contributed by atoms with Crippen molar-refractivity contribution < 1.29 is 18.6 Å². The molecule has 0 fully saturated rings. The lowest BCUT2D eigenvalue weighted by atomic mass is 10.1. The van der Waals surface area contributed by atoms with Gasteiger partial charge in [-0.1, -0.05) is 82.0 Å². The molecule has 0 aliphatic heterocycles. The maximum absolute atomic E-state index is 13.8. The first-order valence-corrected chi connectivity index (χ1v) is 14.8. The summed E-state index contributed by atoms with van der Waals surface area (Å²) in [7, 11) is 0. The molecule has 0 atom stereocenters. The molecule has 0 spiro atoms. The third-order valence-corrected chi connectivity index (χ3v) is 8.15. The number of benzene rings is 3.